The molecular formula is C33H37NO14. The summed E-state index contributed by atoms with van der Waals surface area (Å²) in [4.78, 5) is 43.0. The third-order valence-electron chi connectivity index (χ3n) is 9.88. The summed E-state index contributed by atoms with van der Waals surface area (Å²) in [6, 6.07) is 4.24. The second-order valence-electron chi connectivity index (χ2n) is 12.6. The molecule has 3 fully saturated rings. The Bertz CT molecular complexity index is 1660. The van der Waals surface area contributed by atoms with E-state index in [9.17, 15) is 34.8 Å². The topological polar surface area (TPSA) is 200 Å². The summed E-state index contributed by atoms with van der Waals surface area (Å²) in [7, 11) is 2.87. The van der Waals surface area contributed by atoms with Crippen LogP contribution in [0.15, 0.2) is 18.2 Å². The van der Waals surface area contributed by atoms with Gasteiger partial charge >= 0.3 is 5.97 Å². The van der Waals surface area contributed by atoms with Gasteiger partial charge in [-0.1, -0.05) is 12.1 Å². The molecule has 3 saturated heterocycles. The van der Waals surface area contributed by atoms with E-state index in [2.05, 4.69) is 4.90 Å². The summed E-state index contributed by atoms with van der Waals surface area (Å²) < 4.78 is 40.5. The van der Waals surface area contributed by atoms with Gasteiger partial charge in [0.1, 0.15) is 30.0 Å². The van der Waals surface area contributed by atoms with Crippen LogP contribution in [0, 0.1) is 0 Å². The van der Waals surface area contributed by atoms with Gasteiger partial charge in [0.05, 0.1) is 49.2 Å². The highest BCUT2D eigenvalue weighted by Gasteiger charge is 2.55. The predicted octanol–water partition coefficient (Wildman–Crippen LogP) is 0.685. The molecule has 0 bridgehead atoms. The molecule has 2 aromatic carbocycles. The Kier molecular flexibility index (Phi) is 8.44. The van der Waals surface area contributed by atoms with Crippen LogP contribution < -0.4 is 4.74 Å². The first-order chi connectivity index (χ1) is 23.0. The van der Waals surface area contributed by atoms with Crippen molar-refractivity contribution >= 4 is 17.5 Å². The fourth-order valence-electron chi connectivity index (χ4n) is 7.76. The lowest BCUT2D eigenvalue weighted by Crippen LogP contribution is -2.55. The molecule has 0 amide bonds. The molecule has 7 rings (SSSR count). The molecule has 3 heterocycles. The molecule has 2 aromatic rings. The van der Waals surface area contributed by atoms with Crippen molar-refractivity contribution in [2.24, 2.45) is 0 Å². The maximum absolute atomic E-state index is 13.9. The standard InChI is InChI=1S/C33H37NO14/c1-14-29-17(34-7-9-44-31(43-3)30(34)48-29)11-20(46-14)47-19-13-33(41,32(40)45-10-8-35)12-16-22(19)28(39)24-23(26(16)37)25(36)15-5-4-6-18(42-2)21(15)27(24)38/h4-6,14,17,19-20,29-31,35,37,39,41H,7-13H2,1-3H3/t14-,17-,19-,20-,29+,30+,31-,33-/m0/s1. The summed E-state index contributed by atoms with van der Waals surface area (Å²) in [6.45, 7) is 1.90. The average molecular weight is 672 g/mol. The van der Waals surface area contributed by atoms with Crippen molar-refractivity contribution in [3.8, 4) is 17.2 Å². The number of hydrogen-bond acceptors (Lipinski definition) is 15. The number of esters is 1. The number of methoxy groups -OCH3 is 2. The zero-order chi connectivity index (χ0) is 34.1. The van der Waals surface area contributed by atoms with Crippen LogP contribution in [0.1, 0.15) is 68.8 Å². The summed E-state index contributed by atoms with van der Waals surface area (Å²) in [5.74, 6) is -3.82. The van der Waals surface area contributed by atoms with E-state index in [1.807, 2.05) is 6.92 Å². The number of carbonyl (C=O) groups excluding carboxylic acids is 3. The van der Waals surface area contributed by atoms with Gasteiger partial charge in [0.15, 0.2) is 30.2 Å². The van der Waals surface area contributed by atoms with Gasteiger partial charge in [-0.2, -0.15) is 0 Å². The van der Waals surface area contributed by atoms with Crippen molar-refractivity contribution < 1.29 is 68.0 Å². The fraction of sp³-hybridized carbons (Fsp3) is 0.545. The zero-order valence-electron chi connectivity index (χ0n) is 26.5. The van der Waals surface area contributed by atoms with Crippen LogP contribution in [0.5, 0.6) is 17.2 Å². The summed E-state index contributed by atoms with van der Waals surface area (Å²) in [5.41, 5.74) is -3.58. The molecule has 0 unspecified atom stereocenters. The number of ketones is 2. The molecule has 15 nitrogen and oxygen atoms in total. The molecule has 48 heavy (non-hydrogen) atoms. The van der Waals surface area contributed by atoms with Crippen molar-refractivity contribution in [1.82, 2.24) is 4.90 Å². The number of morpholine rings is 1. The number of nitrogens with zero attached hydrogens (tertiary/aromatic N) is 1. The molecule has 258 valence electrons. The Morgan fingerprint density at radius 1 is 1.08 bits per heavy atom. The number of benzene rings is 2. The van der Waals surface area contributed by atoms with Gasteiger partial charge in [0, 0.05) is 55.6 Å². The highest BCUT2D eigenvalue weighted by Crippen LogP contribution is 2.53. The maximum Gasteiger partial charge on any atom is 0.338 e. The minimum absolute atomic E-state index is 0.0437. The Balaban J connectivity index is 1.29. The number of phenolic OH excluding ortho intramolecular Hbond substituents is 2. The highest BCUT2D eigenvalue weighted by molar-refractivity contribution is 6.31. The van der Waals surface area contributed by atoms with Crippen molar-refractivity contribution in [1.29, 1.82) is 0 Å². The SMILES string of the molecule is COc1cccc2c1C(=O)c1c(O)c3c(c(O)c1C2=O)C[C@@](O)(C(=O)OCCO)C[C@@H]3O[C@H]1C[C@H]2[C@H](O[C@@H]3[C@@H](OC)OCCN32)[C@H](C)O1. The number of hydrogen-bond donors (Lipinski definition) is 4. The molecular weight excluding hydrogens is 634 g/mol. The minimum Gasteiger partial charge on any atom is -0.507 e. The van der Waals surface area contributed by atoms with Gasteiger partial charge in [0.25, 0.3) is 0 Å². The van der Waals surface area contributed by atoms with E-state index in [4.69, 9.17) is 33.2 Å². The Labute approximate surface area is 274 Å². The minimum atomic E-state index is -2.31. The third-order valence-corrected chi connectivity index (χ3v) is 9.88. The quantitative estimate of drug-likeness (QED) is 0.202. The second-order valence-corrected chi connectivity index (χ2v) is 12.6. The highest BCUT2D eigenvalue weighted by atomic mass is 16.7. The first kappa shape index (κ1) is 32.9. The van der Waals surface area contributed by atoms with E-state index in [-0.39, 0.29) is 46.6 Å². The molecule has 0 saturated carbocycles. The number of aliphatic hydroxyl groups is 2. The molecule has 0 radical (unpaired) electrons. The monoisotopic (exact) mass is 671 g/mol. The Morgan fingerprint density at radius 3 is 2.58 bits per heavy atom. The van der Waals surface area contributed by atoms with Gasteiger partial charge in [-0.3, -0.25) is 14.5 Å². The van der Waals surface area contributed by atoms with Crippen LogP contribution >= 0.6 is 0 Å². The Hall–Kier alpha value is -3.67. The van der Waals surface area contributed by atoms with E-state index in [1.165, 1.54) is 32.4 Å². The molecule has 8 atom stereocenters. The molecule has 2 aliphatic carbocycles. The van der Waals surface area contributed by atoms with Crippen LogP contribution in [-0.4, -0.2) is 126 Å². The number of carbonyl (C=O) groups is 3. The predicted molar refractivity (Wildman–Crippen MR) is 160 cm³/mol. The molecule has 5 aliphatic rings. The van der Waals surface area contributed by atoms with Crippen LogP contribution in [0.2, 0.25) is 0 Å². The molecule has 3 aliphatic heterocycles. The lowest BCUT2D eigenvalue weighted by atomic mass is 9.73. The van der Waals surface area contributed by atoms with Gasteiger partial charge in [-0.15, -0.1) is 0 Å². The molecule has 4 N–H and O–H groups in total. The zero-order valence-corrected chi connectivity index (χ0v) is 26.5. The smallest absolute Gasteiger partial charge is 0.338 e. The number of aromatic hydroxyl groups is 2. The summed E-state index contributed by atoms with van der Waals surface area (Å²) in [6.07, 6.45) is -4.97. The van der Waals surface area contributed by atoms with Gasteiger partial charge in [-0.05, 0) is 13.0 Å². The number of aliphatic hydroxyl groups excluding tert-OH is 1. The average Bonchev–Trinajstić information content (AvgIpc) is 3.46. The normalized spacial score (nSPS) is 32.5. The first-order valence-electron chi connectivity index (χ1n) is 15.8. The molecule has 15 heteroatoms. The van der Waals surface area contributed by atoms with Crippen LogP contribution in [-0.2, 0) is 39.6 Å². The largest absolute Gasteiger partial charge is 0.507 e. The van der Waals surface area contributed by atoms with Gasteiger partial charge < -0.3 is 53.6 Å². The van der Waals surface area contributed by atoms with Crippen molar-refractivity contribution in [3.05, 3.63) is 51.6 Å². The molecule has 0 spiro atoms. The lowest BCUT2D eigenvalue weighted by molar-refractivity contribution is -0.256. The molecule has 0 aromatic heterocycles. The number of rotatable bonds is 7. The van der Waals surface area contributed by atoms with E-state index in [0.717, 1.165) is 0 Å². The lowest BCUT2D eigenvalue weighted by Gasteiger charge is -2.43. The number of phenols is 2. The van der Waals surface area contributed by atoms with E-state index >= 15 is 0 Å². The summed E-state index contributed by atoms with van der Waals surface area (Å²) in [5, 5.41) is 44.4. The summed E-state index contributed by atoms with van der Waals surface area (Å²) >= 11 is 0. The van der Waals surface area contributed by atoms with Crippen molar-refractivity contribution in [3.63, 3.8) is 0 Å². The van der Waals surface area contributed by atoms with E-state index < -0.39 is 103 Å². The maximum atomic E-state index is 13.9. The number of ether oxygens (including phenoxy) is 7. The Morgan fingerprint density at radius 2 is 1.85 bits per heavy atom. The third kappa shape index (κ3) is 4.99. The van der Waals surface area contributed by atoms with Crippen LogP contribution in [0.4, 0.5) is 0 Å². The van der Waals surface area contributed by atoms with Crippen molar-refractivity contribution in [2.75, 3.05) is 40.6 Å². The first-order valence-corrected chi connectivity index (χ1v) is 15.8. The second kappa shape index (κ2) is 12.3. The van der Waals surface area contributed by atoms with Gasteiger partial charge in [0.2, 0.25) is 5.78 Å². The van der Waals surface area contributed by atoms with E-state index in [1.54, 1.807) is 0 Å². The van der Waals surface area contributed by atoms with Crippen LogP contribution in [0.25, 0.3) is 0 Å². The van der Waals surface area contributed by atoms with E-state index in [0.29, 0.717) is 13.2 Å². The van der Waals surface area contributed by atoms with Crippen LogP contribution in [0.3, 0.4) is 0 Å². The van der Waals surface area contributed by atoms with Gasteiger partial charge in [-0.25, -0.2) is 4.79 Å². The fourth-order valence-corrected chi connectivity index (χ4v) is 7.76. The van der Waals surface area contributed by atoms with Crippen molar-refractivity contribution in [2.45, 2.75) is 74.9 Å². The number of fused-ring (bicyclic) bond motifs is 6.